The van der Waals surface area contributed by atoms with E-state index in [1.54, 1.807) is 7.11 Å². The third-order valence-electron chi connectivity index (χ3n) is 2.79. The Morgan fingerprint density at radius 1 is 1.31 bits per heavy atom. The minimum Gasteiger partial charge on any atom is -0.465 e. The Labute approximate surface area is 98.4 Å². The van der Waals surface area contributed by atoms with Crippen LogP contribution in [-0.2, 0) is 4.74 Å². The number of carboxylic acid groups (broad SMARTS) is 1. The van der Waals surface area contributed by atoms with Gasteiger partial charge in [-0.05, 0) is 31.6 Å². The number of carbonyl (C=O) groups is 1. The van der Waals surface area contributed by atoms with Crippen LogP contribution in [0.1, 0.15) is 41.0 Å². The molecule has 0 fully saturated rings. The van der Waals surface area contributed by atoms with Gasteiger partial charge in [-0.25, -0.2) is 4.79 Å². The summed E-state index contributed by atoms with van der Waals surface area (Å²) in [5.41, 5.74) is -0.324. The lowest BCUT2D eigenvalue weighted by atomic mass is 9.75. The van der Waals surface area contributed by atoms with E-state index in [-0.39, 0.29) is 5.41 Å². The fourth-order valence-corrected chi connectivity index (χ4v) is 1.77. The van der Waals surface area contributed by atoms with Gasteiger partial charge in [0.05, 0.1) is 0 Å². The Hall–Kier alpha value is -0.770. The van der Waals surface area contributed by atoms with Crippen molar-refractivity contribution in [3.05, 3.63) is 0 Å². The summed E-state index contributed by atoms with van der Waals surface area (Å²) in [6, 6.07) is 0. The maximum Gasteiger partial charge on any atom is 0.405 e. The lowest BCUT2D eigenvalue weighted by Gasteiger charge is -2.36. The lowest BCUT2D eigenvalue weighted by Crippen LogP contribution is -2.46. The maximum absolute atomic E-state index is 10.7. The van der Waals surface area contributed by atoms with Crippen LogP contribution in [0.2, 0.25) is 0 Å². The van der Waals surface area contributed by atoms with Crippen LogP contribution in [0.4, 0.5) is 4.79 Å². The number of hydrogen-bond acceptors (Lipinski definition) is 2. The van der Waals surface area contributed by atoms with Crippen LogP contribution < -0.4 is 5.32 Å². The highest BCUT2D eigenvalue weighted by Gasteiger charge is 2.32. The van der Waals surface area contributed by atoms with Crippen molar-refractivity contribution in [1.29, 1.82) is 0 Å². The van der Waals surface area contributed by atoms with Crippen molar-refractivity contribution in [2.24, 2.45) is 11.3 Å². The predicted octanol–water partition coefficient (Wildman–Crippen LogP) is 2.73. The molecule has 0 heterocycles. The molecule has 1 amide bonds. The van der Waals surface area contributed by atoms with Crippen molar-refractivity contribution >= 4 is 6.09 Å². The Kier molecular flexibility index (Phi) is 5.26. The minimum atomic E-state index is -0.977. The summed E-state index contributed by atoms with van der Waals surface area (Å²) < 4.78 is 5.21. The van der Waals surface area contributed by atoms with E-state index < -0.39 is 11.6 Å². The molecule has 0 aromatic heterocycles. The Morgan fingerprint density at radius 3 is 2.12 bits per heavy atom. The molecule has 16 heavy (non-hydrogen) atoms. The number of nitrogens with one attached hydrogen (secondary N) is 1. The van der Waals surface area contributed by atoms with Gasteiger partial charge in [0.1, 0.15) is 0 Å². The molecule has 0 bridgehead atoms. The monoisotopic (exact) mass is 231 g/mol. The number of methoxy groups -OCH3 is 1. The topological polar surface area (TPSA) is 58.6 Å². The molecule has 0 unspecified atom stereocenters. The van der Waals surface area contributed by atoms with E-state index in [4.69, 9.17) is 9.84 Å². The normalized spacial score (nSPS) is 14.6. The van der Waals surface area contributed by atoms with Crippen molar-refractivity contribution in [1.82, 2.24) is 5.32 Å². The molecule has 0 saturated heterocycles. The van der Waals surface area contributed by atoms with Gasteiger partial charge in [-0.15, -0.1) is 0 Å². The molecule has 4 heteroatoms. The third-order valence-corrected chi connectivity index (χ3v) is 2.79. The number of rotatable bonds is 5. The van der Waals surface area contributed by atoms with E-state index in [1.165, 1.54) is 0 Å². The smallest absolute Gasteiger partial charge is 0.405 e. The fraction of sp³-hybridized carbons (Fsp3) is 0.917. The first kappa shape index (κ1) is 15.2. The zero-order chi connectivity index (χ0) is 13.0. The van der Waals surface area contributed by atoms with Crippen LogP contribution >= 0.6 is 0 Å². The van der Waals surface area contributed by atoms with Crippen molar-refractivity contribution < 1.29 is 14.6 Å². The zero-order valence-corrected chi connectivity index (χ0v) is 11.3. The zero-order valence-electron chi connectivity index (χ0n) is 11.3. The van der Waals surface area contributed by atoms with Crippen LogP contribution in [0.5, 0.6) is 0 Å². The fourth-order valence-electron chi connectivity index (χ4n) is 1.77. The van der Waals surface area contributed by atoms with Crippen molar-refractivity contribution in [2.45, 2.75) is 46.6 Å². The summed E-state index contributed by atoms with van der Waals surface area (Å²) in [6.07, 6.45) is -0.216. The third kappa shape index (κ3) is 5.95. The van der Waals surface area contributed by atoms with Crippen LogP contribution in [0.3, 0.4) is 0 Å². The Bertz CT molecular complexity index is 231. The van der Waals surface area contributed by atoms with Gasteiger partial charge in [0.2, 0.25) is 0 Å². The van der Waals surface area contributed by atoms with E-state index in [9.17, 15) is 4.79 Å². The standard InChI is InChI=1S/C12H25NO3/c1-11(2,3)9(8-16-6)7-12(4,5)13-10(14)15/h9,13H,7-8H2,1-6H3,(H,14,15)/t9-/m1/s1. The van der Waals surface area contributed by atoms with Crippen LogP contribution in [0.15, 0.2) is 0 Å². The van der Waals surface area contributed by atoms with Crippen molar-refractivity contribution in [3.8, 4) is 0 Å². The van der Waals surface area contributed by atoms with Crippen LogP contribution in [0.25, 0.3) is 0 Å². The van der Waals surface area contributed by atoms with Crippen LogP contribution in [0, 0.1) is 11.3 Å². The molecule has 1 atom stereocenters. The SMILES string of the molecule is COC[C@@H](CC(C)(C)NC(=O)O)C(C)(C)C. The molecule has 0 aliphatic rings. The molecular formula is C12H25NO3. The summed E-state index contributed by atoms with van der Waals surface area (Å²) >= 11 is 0. The molecule has 0 aliphatic heterocycles. The molecule has 0 aromatic rings. The highest BCUT2D eigenvalue weighted by atomic mass is 16.5. The first-order valence-electron chi connectivity index (χ1n) is 5.58. The summed E-state index contributed by atoms with van der Waals surface area (Å²) in [5.74, 6) is 0.319. The Morgan fingerprint density at radius 2 is 1.81 bits per heavy atom. The lowest BCUT2D eigenvalue weighted by molar-refractivity contribution is 0.0660. The second-order valence-electron chi connectivity index (χ2n) is 6.04. The van der Waals surface area contributed by atoms with Crippen LogP contribution in [-0.4, -0.2) is 30.5 Å². The van der Waals surface area contributed by atoms with Gasteiger partial charge in [0.15, 0.2) is 0 Å². The molecule has 0 saturated carbocycles. The number of hydrogen-bond donors (Lipinski definition) is 2. The molecule has 0 rings (SSSR count). The number of ether oxygens (including phenoxy) is 1. The highest BCUT2D eigenvalue weighted by Crippen LogP contribution is 2.32. The molecule has 0 spiro atoms. The quantitative estimate of drug-likeness (QED) is 0.765. The van der Waals surface area contributed by atoms with Gasteiger partial charge >= 0.3 is 6.09 Å². The minimum absolute atomic E-state index is 0.105. The average Bonchev–Trinajstić information content (AvgIpc) is 1.98. The van der Waals surface area contributed by atoms with Gasteiger partial charge in [-0.1, -0.05) is 20.8 Å². The first-order valence-corrected chi connectivity index (χ1v) is 5.58. The average molecular weight is 231 g/mol. The van der Waals surface area contributed by atoms with Crippen molar-refractivity contribution in [2.75, 3.05) is 13.7 Å². The van der Waals surface area contributed by atoms with Gasteiger partial charge in [-0.2, -0.15) is 0 Å². The van der Waals surface area contributed by atoms with Gasteiger partial charge < -0.3 is 15.2 Å². The van der Waals surface area contributed by atoms with Gasteiger partial charge in [0.25, 0.3) is 0 Å². The van der Waals surface area contributed by atoms with E-state index in [0.29, 0.717) is 12.5 Å². The van der Waals surface area contributed by atoms with E-state index in [0.717, 1.165) is 6.42 Å². The maximum atomic E-state index is 10.7. The Balaban J connectivity index is 4.55. The second-order valence-corrected chi connectivity index (χ2v) is 6.04. The molecular weight excluding hydrogens is 206 g/mol. The van der Waals surface area contributed by atoms with E-state index in [2.05, 4.69) is 26.1 Å². The molecule has 0 radical (unpaired) electrons. The molecule has 0 aromatic carbocycles. The first-order chi connectivity index (χ1) is 7.08. The summed E-state index contributed by atoms with van der Waals surface area (Å²) in [7, 11) is 1.68. The van der Waals surface area contributed by atoms with E-state index in [1.807, 2.05) is 13.8 Å². The van der Waals surface area contributed by atoms with E-state index >= 15 is 0 Å². The summed E-state index contributed by atoms with van der Waals surface area (Å²) in [5, 5.41) is 11.3. The van der Waals surface area contributed by atoms with Gasteiger partial charge in [0, 0.05) is 19.3 Å². The van der Waals surface area contributed by atoms with Gasteiger partial charge in [-0.3, -0.25) is 0 Å². The summed E-state index contributed by atoms with van der Waals surface area (Å²) in [4.78, 5) is 10.7. The molecule has 4 nitrogen and oxygen atoms in total. The predicted molar refractivity (Wildman–Crippen MR) is 64.7 cm³/mol. The molecule has 0 aliphatic carbocycles. The largest absolute Gasteiger partial charge is 0.465 e. The number of amides is 1. The summed E-state index contributed by atoms with van der Waals surface area (Å²) in [6.45, 7) is 10.9. The molecule has 96 valence electrons. The highest BCUT2D eigenvalue weighted by molar-refractivity contribution is 5.65. The molecule has 2 N–H and O–H groups in total. The van der Waals surface area contributed by atoms with Crippen molar-refractivity contribution in [3.63, 3.8) is 0 Å². The second kappa shape index (κ2) is 5.53.